The van der Waals surface area contributed by atoms with Gasteiger partial charge in [-0.25, -0.2) is 4.98 Å². The van der Waals surface area contributed by atoms with E-state index in [9.17, 15) is 0 Å². The molecule has 0 aliphatic heterocycles. The van der Waals surface area contributed by atoms with E-state index >= 15 is 0 Å². The molecule has 74 valence electrons. The standard InChI is InChI=1S/C10H13N3S/c1-8-13-7-10(14-8)6-12-5-9-2-3-11-4-9/h2-4,7,11-12H,5-6H2,1H3. The van der Waals surface area contributed by atoms with Crippen molar-refractivity contribution in [1.29, 1.82) is 0 Å². The lowest BCUT2D eigenvalue weighted by molar-refractivity contribution is 0.700. The number of H-pyrrole nitrogens is 1. The van der Waals surface area contributed by atoms with Crippen molar-refractivity contribution in [3.05, 3.63) is 40.1 Å². The van der Waals surface area contributed by atoms with Crippen LogP contribution in [0, 0.1) is 6.92 Å². The molecule has 0 radical (unpaired) electrons. The number of thiazole rings is 1. The quantitative estimate of drug-likeness (QED) is 0.805. The molecule has 2 N–H and O–H groups in total. The highest BCUT2D eigenvalue weighted by Gasteiger charge is 1.97. The molecule has 2 heterocycles. The van der Waals surface area contributed by atoms with Crippen LogP contribution in [0.5, 0.6) is 0 Å². The summed E-state index contributed by atoms with van der Waals surface area (Å²) in [4.78, 5) is 8.53. The minimum atomic E-state index is 0.899. The summed E-state index contributed by atoms with van der Waals surface area (Å²) in [5.74, 6) is 0. The van der Waals surface area contributed by atoms with Crippen LogP contribution in [0.2, 0.25) is 0 Å². The highest BCUT2D eigenvalue weighted by molar-refractivity contribution is 7.11. The SMILES string of the molecule is Cc1ncc(CNCc2cc[nH]c2)s1. The van der Waals surface area contributed by atoms with Gasteiger partial charge in [0.25, 0.3) is 0 Å². The lowest BCUT2D eigenvalue weighted by Gasteiger charge is -1.99. The number of aryl methyl sites for hydroxylation is 1. The first kappa shape index (κ1) is 9.43. The molecule has 0 aliphatic rings. The Morgan fingerprint density at radius 1 is 1.50 bits per heavy atom. The number of aromatic nitrogens is 2. The van der Waals surface area contributed by atoms with Crippen molar-refractivity contribution in [3.8, 4) is 0 Å². The van der Waals surface area contributed by atoms with Gasteiger partial charge in [-0.2, -0.15) is 0 Å². The van der Waals surface area contributed by atoms with E-state index in [2.05, 4.69) is 21.4 Å². The summed E-state index contributed by atoms with van der Waals surface area (Å²) in [5.41, 5.74) is 1.28. The van der Waals surface area contributed by atoms with E-state index in [1.54, 1.807) is 11.3 Å². The molecule has 14 heavy (non-hydrogen) atoms. The van der Waals surface area contributed by atoms with Crippen molar-refractivity contribution < 1.29 is 0 Å². The fourth-order valence-corrected chi connectivity index (χ4v) is 2.05. The van der Waals surface area contributed by atoms with Gasteiger partial charge in [-0.15, -0.1) is 11.3 Å². The van der Waals surface area contributed by atoms with E-state index in [0.29, 0.717) is 0 Å². The second-order valence-electron chi connectivity index (χ2n) is 3.17. The van der Waals surface area contributed by atoms with E-state index in [-0.39, 0.29) is 0 Å². The van der Waals surface area contributed by atoms with Crippen LogP contribution in [-0.4, -0.2) is 9.97 Å². The Bertz CT molecular complexity index is 378. The maximum absolute atomic E-state index is 4.20. The Kier molecular flexibility index (Phi) is 2.96. The maximum Gasteiger partial charge on any atom is 0.0897 e. The zero-order valence-corrected chi connectivity index (χ0v) is 8.90. The molecule has 0 aliphatic carbocycles. The van der Waals surface area contributed by atoms with Gasteiger partial charge in [0, 0.05) is 36.6 Å². The predicted molar refractivity (Wildman–Crippen MR) is 58.2 cm³/mol. The summed E-state index contributed by atoms with van der Waals surface area (Å²) in [6.07, 6.45) is 5.88. The lowest BCUT2D eigenvalue weighted by atomic mass is 10.3. The number of hydrogen-bond donors (Lipinski definition) is 2. The molecule has 0 aromatic carbocycles. The van der Waals surface area contributed by atoms with Gasteiger partial charge in [-0.3, -0.25) is 0 Å². The molecule has 0 saturated carbocycles. The fraction of sp³-hybridized carbons (Fsp3) is 0.300. The number of hydrogen-bond acceptors (Lipinski definition) is 3. The molecule has 0 amide bonds. The molecule has 0 unspecified atom stereocenters. The molecule has 2 rings (SSSR count). The van der Waals surface area contributed by atoms with Crippen LogP contribution in [0.1, 0.15) is 15.4 Å². The van der Waals surface area contributed by atoms with Gasteiger partial charge in [0.1, 0.15) is 0 Å². The lowest BCUT2D eigenvalue weighted by Crippen LogP contribution is -2.10. The van der Waals surface area contributed by atoms with Gasteiger partial charge in [0.15, 0.2) is 0 Å². The predicted octanol–water partition coefficient (Wildman–Crippen LogP) is 2.07. The van der Waals surface area contributed by atoms with E-state index < -0.39 is 0 Å². The number of aromatic amines is 1. The highest BCUT2D eigenvalue weighted by Crippen LogP contribution is 2.10. The van der Waals surface area contributed by atoms with E-state index in [4.69, 9.17) is 0 Å². The molecule has 0 atom stereocenters. The van der Waals surface area contributed by atoms with Crippen molar-refractivity contribution in [3.63, 3.8) is 0 Å². The van der Waals surface area contributed by atoms with Crippen LogP contribution in [0.15, 0.2) is 24.7 Å². The minimum absolute atomic E-state index is 0.899. The zero-order chi connectivity index (χ0) is 9.80. The molecule has 0 saturated heterocycles. The monoisotopic (exact) mass is 207 g/mol. The first-order valence-electron chi connectivity index (χ1n) is 4.58. The third-order valence-electron chi connectivity index (χ3n) is 1.96. The van der Waals surface area contributed by atoms with Crippen LogP contribution in [0.3, 0.4) is 0 Å². The highest BCUT2D eigenvalue weighted by atomic mass is 32.1. The van der Waals surface area contributed by atoms with Crippen molar-refractivity contribution in [1.82, 2.24) is 15.3 Å². The fourth-order valence-electron chi connectivity index (χ4n) is 1.29. The molecule has 3 nitrogen and oxygen atoms in total. The molecule has 4 heteroatoms. The van der Waals surface area contributed by atoms with Crippen LogP contribution in [0.25, 0.3) is 0 Å². The van der Waals surface area contributed by atoms with E-state index in [0.717, 1.165) is 18.1 Å². The van der Waals surface area contributed by atoms with Gasteiger partial charge in [-0.05, 0) is 18.6 Å². The molecular formula is C10H13N3S. The van der Waals surface area contributed by atoms with Gasteiger partial charge in [0.2, 0.25) is 0 Å². The van der Waals surface area contributed by atoms with E-state index in [1.165, 1.54) is 10.4 Å². The average Bonchev–Trinajstić information content (AvgIpc) is 2.77. The summed E-state index contributed by atoms with van der Waals surface area (Å²) in [7, 11) is 0. The maximum atomic E-state index is 4.20. The first-order valence-corrected chi connectivity index (χ1v) is 5.40. The number of nitrogens with one attached hydrogen (secondary N) is 2. The molecule has 2 aromatic heterocycles. The summed E-state index contributed by atoms with van der Waals surface area (Å²) in [6, 6.07) is 2.07. The summed E-state index contributed by atoms with van der Waals surface area (Å²) in [6.45, 7) is 3.83. The van der Waals surface area contributed by atoms with E-state index in [1.807, 2.05) is 25.5 Å². The Morgan fingerprint density at radius 3 is 3.07 bits per heavy atom. The van der Waals surface area contributed by atoms with Crippen molar-refractivity contribution in [2.75, 3.05) is 0 Å². The van der Waals surface area contributed by atoms with Crippen LogP contribution in [-0.2, 0) is 13.1 Å². The van der Waals surface area contributed by atoms with Crippen LogP contribution in [0.4, 0.5) is 0 Å². The van der Waals surface area contributed by atoms with Gasteiger partial charge in [-0.1, -0.05) is 0 Å². The topological polar surface area (TPSA) is 40.7 Å². The number of nitrogens with zero attached hydrogens (tertiary/aromatic N) is 1. The second kappa shape index (κ2) is 4.39. The van der Waals surface area contributed by atoms with Gasteiger partial charge < -0.3 is 10.3 Å². The Labute approximate surface area is 87.2 Å². The molecular weight excluding hydrogens is 194 g/mol. The van der Waals surface area contributed by atoms with Crippen molar-refractivity contribution >= 4 is 11.3 Å². The van der Waals surface area contributed by atoms with Gasteiger partial charge >= 0.3 is 0 Å². The molecule has 0 spiro atoms. The Morgan fingerprint density at radius 2 is 2.43 bits per heavy atom. The summed E-state index contributed by atoms with van der Waals surface area (Å²) in [5, 5.41) is 4.50. The van der Waals surface area contributed by atoms with Crippen LogP contribution < -0.4 is 5.32 Å². The van der Waals surface area contributed by atoms with Crippen LogP contribution >= 0.6 is 11.3 Å². The third-order valence-corrected chi connectivity index (χ3v) is 2.87. The minimum Gasteiger partial charge on any atom is -0.367 e. The average molecular weight is 207 g/mol. The smallest absolute Gasteiger partial charge is 0.0897 e. The van der Waals surface area contributed by atoms with Gasteiger partial charge in [0.05, 0.1) is 5.01 Å². The normalized spacial score (nSPS) is 10.6. The third kappa shape index (κ3) is 2.43. The Hall–Kier alpha value is -1.13. The zero-order valence-electron chi connectivity index (χ0n) is 8.08. The summed E-state index contributed by atoms with van der Waals surface area (Å²) < 4.78 is 0. The largest absolute Gasteiger partial charge is 0.367 e. The number of rotatable bonds is 4. The van der Waals surface area contributed by atoms with Crippen molar-refractivity contribution in [2.45, 2.75) is 20.0 Å². The summed E-state index contributed by atoms with van der Waals surface area (Å²) >= 11 is 1.74. The molecule has 0 fully saturated rings. The van der Waals surface area contributed by atoms with Crippen molar-refractivity contribution in [2.24, 2.45) is 0 Å². The molecule has 2 aromatic rings. The second-order valence-corrected chi connectivity index (χ2v) is 4.49. The molecule has 0 bridgehead atoms. The first-order chi connectivity index (χ1) is 6.84. The Balaban J connectivity index is 1.78.